The normalized spacial score (nSPS) is 15.4. The summed E-state index contributed by atoms with van der Waals surface area (Å²) in [6.45, 7) is 9.94. The van der Waals surface area contributed by atoms with Crippen molar-refractivity contribution in [3.63, 3.8) is 0 Å². The third-order valence-corrected chi connectivity index (χ3v) is 7.15. The molecule has 1 aromatic carbocycles. The van der Waals surface area contributed by atoms with E-state index in [0.717, 1.165) is 37.9 Å². The molecule has 0 radical (unpaired) electrons. The van der Waals surface area contributed by atoms with Crippen molar-refractivity contribution in [2.45, 2.75) is 57.3 Å². The van der Waals surface area contributed by atoms with Crippen molar-refractivity contribution >= 4 is 15.9 Å². The van der Waals surface area contributed by atoms with Gasteiger partial charge >= 0.3 is 0 Å². The predicted molar refractivity (Wildman–Crippen MR) is 113 cm³/mol. The summed E-state index contributed by atoms with van der Waals surface area (Å²) in [5.74, 6) is 0.390. The number of nitrogens with zero attached hydrogens (tertiary/aromatic N) is 2. The van der Waals surface area contributed by atoms with Gasteiger partial charge in [-0.05, 0) is 30.0 Å². The molecule has 0 atom stereocenters. The third-order valence-electron chi connectivity index (χ3n) is 5.24. The maximum absolute atomic E-state index is 13.2. The van der Waals surface area contributed by atoms with E-state index in [4.69, 9.17) is 0 Å². The second kappa shape index (κ2) is 10.9. The average molecular weight is 410 g/mol. The molecule has 7 heteroatoms. The molecule has 0 unspecified atom stereocenters. The van der Waals surface area contributed by atoms with Gasteiger partial charge in [0.15, 0.2) is 0 Å². The number of benzene rings is 1. The van der Waals surface area contributed by atoms with Gasteiger partial charge < -0.3 is 10.2 Å². The molecule has 0 aliphatic carbocycles. The Kier molecular flexibility index (Phi) is 8.92. The molecule has 1 amide bonds. The highest BCUT2D eigenvalue weighted by molar-refractivity contribution is 7.89. The molecule has 0 spiro atoms. The molecule has 1 aliphatic heterocycles. The van der Waals surface area contributed by atoms with E-state index < -0.39 is 10.0 Å². The van der Waals surface area contributed by atoms with Crippen molar-refractivity contribution in [1.82, 2.24) is 14.5 Å². The lowest BCUT2D eigenvalue weighted by Crippen LogP contribution is -2.47. The van der Waals surface area contributed by atoms with E-state index in [1.807, 2.05) is 17.0 Å². The van der Waals surface area contributed by atoms with Gasteiger partial charge in [0.1, 0.15) is 0 Å². The Hall–Kier alpha value is -1.44. The zero-order chi connectivity index (χ0) is 20.6. The van der Waals surface area contributed by atoms with Gasteiger partial charge in [0.2, 0.25) is 15.9 Å². The van der Waals surface area contributed by atoms with Crippen LogP contribution in [0.1, 0.15) is 57.9 Å². The lowest BCUT2D eigenvalue weighted by Gasteiger charge is -2.29. The van der Waals surface area contributed by atoms with E-state index in [2.05, 4.69) is 26.1 Å². The molecule has 1 saturated heterocycles. The highest BCUT2D eigenvalue weighted by Crippen LogP contribution is 2.21. The Morgan fingerprint density at radius 3 is 2.32 bits per heavy atom. The minimum absolute atomic E-state index is 0.0346. The first kappa shape index (κ1) is 22.8. The van der Waals surface area contributed by atoms with Crippen LogP contribution in [-0.2, 0) is 14.8 Å². The second-order valence-corrected chi connectivity index (χ2v) is 9.65. The van der Waals surface area contributed by atoms with Crippen LogP contribution in [0.2, 0.25) is 0 Å². The van der Waals surface area contributed by atoms with E-state index in [9.17, 15) is 13.2 Å². The Balaban J connectivity index is 2.09. The highest BCUT2D eigenvalue weighted by atomic mass is 32.2. The largest absolute Gasteiger partial charge is 0.340 e. The second-order valence-electron chi connectivity index (χ2n) is 7.72. The maximum Gasteiger partial charge on any atom is 0.243 e. The molecule has 158 valence electrons. The van der Waals surface area contributed by atoms with Gasteiger partial charge in [-0.3, -0.25) is 4.79 Å². The number of sulfonamides is 1. The summed E-state index contributed by atoms with van der Waals surface area (Å²) in [7, 11) is -3.60. The Bertz CT molecular complexity index is 711. The maximum atomic E-state index is 13.2. The van der Waals surface area contributed by atoms with Gasteiger partial charge in [-0.25, -0.2) is 8.42 Å². The number of rotatable bonds is 10. The Morgan fingerprint density at radius 1 is 1.11 bits per heavy atom. The fraction of sp³-hybridized carbons (Fsp3) is 0.667. The molecule has 1 fully saturated rings. The van der Waals surface area contributed by atoms with Crippen molar-refractivity contribution in [2.75, 3.05) is 39.3 Å². The fourth-order valence-electron chi connectivity index (χ4n) is 3.36. The van der Waals surface area contributed by atoms with Crippen LogP contribution in [0.25, 0.3) is 0 Å². The van der Waals surface area contributed by atoms with Gasteiger partial charge in [-0.2, -0.15) is 4.31 Å². The van der Waals surface area contributed by atoms with Gasteiger partial charge in [0, 0.05) is 45.7 Å². The quantitative estimate of drug-likeness (QED) is 0.603. The average Bonchev–Trinajstić information content (AvgIpc) is 2.70. The number of hydrogen-bond donors (Lipinski definition) is 1. The summed E-state index contributed by atoms with van der Waals surface area (Å²) in [5, 5.41) is 3.23. The number of unbranched alkanes of at least 4 members (excludes halogenated alkanes) is 2. The number of piperazine rings is 1. The summed E-state index contributed by atoms with van der Waals surface area (Å²) < 4.78 is 27.9. The molecular formula is C21H35N3O3S. The van der Waals surface area contributed by atoms with Crippen LogP contribution < -0.4 is 5.32 Å². The topological polar surface area (TPSA) is 69.7 Å². The highest BCUT2D eigenvalue weighted by Gasteiger charge is 2.26. The number of carbonyl (C=O) groups excluding carboxylic acids is 1. The molecule has 1 heterocycles. The van der Waals surface area contributed by atoms with E-state index in [0.29, 0.717) is 30.4 Å². The summed E-state index contributed by atoms with van der Waals surface area (Å²) in [4.78, 5) is 14.6. The SMILES string of the molecule is CCCCCN(CCC(=O)N1CCNCC1)S(=O)(=O)c1ccc(C(C)C)cc1. The van der Waals surface area contributed by atoms with Crippen LogP contribution in [0, 0.1) is 0 Å². The van der Waals surface area contributed by atoms with Crippen LogP contribution in [0.5, 0.6) is 0 Å². The molecule has 6 nitrogen and oxygen atoms in total. The third kappa shape index (κ3) is 6.29. The number of carbonyl (C=O) groups is 1. The van der Waals surface area contributed by atoms with E-state index >= 15 is 0 Å². The van der Waals surface area contributed by atoms with E-state index in [1.54, 1.807) is 12.1 Å². The monoisotopic (exact) mass is 409 g/mol. The van der Waals surface area contributed by atoms with Crippen molar-refractivity contribution in [2.24, 2.45) is 0 Å². The molecule has 1 aliphatic rings. The van der Waals surface area contributed by atoms with Crippen LogP contribution in [0.4, 0.5) is 0 Å². The molecule has 1 N–H and O–H groups in total. The van der Waals surface area contributed by atoms with Gasteiger partial charge in [-0.1, -0.05) is 45.7 Å². The first-order chi connectivity index (χ1) is 13.4. The van der Waals surface area contributed by atoms with Crippen molar-refractivity contribution < 1.29 is 13.2 Å². The summed E-state index contributed by atoms with van der Waals surface area (Å²) in [6.07, 6.45) is 3.04. The first-order valence-corrected chi connectivity index (χ1v) is 11.9. The van der Waals surface area contributed by atoms with E-state index in [1.165, 1.54) is 4.31 Å². The zero-order valence-corrected chi connectivity index (χ0v) is 18.3. The Labute approximate surface area is 170 Å². The molecule has 0 aromatic heterocycles. The Morgan fingerprint density at radius 2 is 1.75 bits per heavy atom. The van der Waals surface area contributed by atoms with Crippen molar-refractivity contribution in [3.8, 4) is 0 Å². The standard InChI is InChI=1S/C21H35N3O3S/c1-4-5-6-14-24(15-11-21(25)23-16-12-22-13-17-23)28(26,27)20-9-7-19(8-10-20)18(2)3/h7-10,18,22H,4-6,11-17H2,1-3H3. The van der Waals surface area contributed by atoms with Crippen LogP contribution >= 0.6 is 0 Å². The lowest BCUT2D eigenvalue weighted by atomic mass is 10.0. The molecule has 28 heavy (non-hydrogen) atoms. The molecule has 0 bridgehead atoms. The summed E-state index contributed by atoms with van der Waals surface area (Å²) in [5.41, 5.74) is 1.12. The van der Waals surface area contributed by atoms with Crippen molar-refractivity contribution in [1.29, 1.82) is 0 Å². The van der Waals surface area contributed by atoms with Gasteiger partial charge in [0.05, 0.1) is 4.90 Å². The predicted octanol–water partition coefficient (Wildman–Crippen LogP) is 2.81. The zero-order valence-electron chi connectivity index (χ0n) is 17.5. The van der Waals surface area contributed by atoms with Gasteiger partial charge in [0.25, 0.3) is 0 Å². The first-order valence-electron chi connectivity index (χ1n) is 10.4. The molecule has 2 rings (SSSR count). The molecule has 0 saturated carbocycles. The minimum Gasteiger partial charge on any atom is -0.340 e. The van der Waals surface area contributed by atoms with Crippen LogP contribution in [0.15, 0.2) is 29.2 Å². The smallest absolute Gasteiger partial charge is 0.243 e. The molecule has 1 aromatic rings. The summed E-state index contributed by atoms with van der Waals surface area (Å²) >= 11 is 0. The van der Waals surface area contributed by atoms with E-state index in [-0.39, 0.29) is 18.9 Å². The van der Waals surface area contributed by atoms with Gasteiger partial charge in [-0.15, -0.1) is 0 Å². The molecular weight excluding hydrogens is 374 g/mol. The van der Waals surface area contributed by atoms with Crippen LogP contribution in [0.3, 0.4) is 0 Å². The lowest BCUT2D eigenvalue weighted by molar-refractivity contribution is -0.131. The number of nitrogens with one attached hydrogen (secondary N) is 1. The minimum atomic E-state index is -3.60. The number of amides is 1. The number of hydrogen-bond acceptors (Lipinski definition) is 4. The van der Waals surface area contributed by atoms with Crippen molar-refractivity contribution in [3.05, 3.63) is 29.8 Å². The fourth-order valence-corrected chi connectivity index (χ4v) is 4.84. The van der Waals surface area contributed by atoms with Crippen LogP contribution in [-0.4, -0.2) is 62.8 Å². The summed E-state index contributed by atoms with van der Waals surface area (Å²) in [6, 6.07) is 7.15.